The van der Waals surface area contributed by atoms with Gasteiger partial charge in [0.1, 0.15) is 10.9 Å². The minimum absolute atomic E-state index is 0.219. The second-order valence-electron chi connectivity index (χ2n) is 5.36. The van der Waals surface area contributed by atoms with Gasteiger partial charge < -0.3 is 0 Å². The second kappa shape index (κ2) is 7.37. The number of hydrogen-bond acceptors (Lipinski definition) is 4. The molecule has 6 nitrogen and oxygen atoms in total. The van der Waals surface area contributed by atoms with Gasteiger partial charge in [0.15, 0.2) is 0 Å². The van der Waals surface area contributed by atoms with Gasteiger partial charge in [-0.25, -0.2) is 13.1 Å². The molecule has 0 radical (unpaired) electrons. The summed E-state index contributed by atoms with van der Waals surface area (Å²) in [5, 5.41) is 3.79. The zero-order chi connectivity index (χ0) is 19.7. The number of alkyl halides is 3. The van der Waals surface area contributed by atoms with Crippen molar-refractivity contribution in [1.29, 1.82) is 0 Å². The van der Waals surface area contributed by atoms with Gasteiger partial charge in [0.2, 0.25) is 10.0 Å². The maximum absolute atomic E-state index is 13.7. The molecule has 0 spiro atoms. The number of benzene rings is 1. The van der Waals surface area contributed by atoms with Gasteiger partial charge in [-0.2, -0.15) is 22.6 Å². The summed E-state index contributed by atoms with van der Waals surface area (Å²) < 4.78 is 67.8. The molecule has 11 heteroatoms. The monoisotopic (exact) mass is 409 g/mol. The molecular weight excluding hydrogens is 395 g/mol. The lowest BCUT2D eigenvalue weighted by Gasteiger charge is -2.31. The van der Waals surface area contributed by atoms with Gasteiger partial charge in [-0.1, -0.05) is 30.7 Å². The van der Waals surface area contributed by atoms with E-state index >= 15 is 0 Å². The van der Waals surface area contributed by atoms with E-state index in [1.807, 2.05) is 0 Å². The Kier molecular flexibility index (Phi) is 5.79. The van der Waals surface area contributed by atoms with Crippen LogP contribution in [0, 0.1) is 0 Å². The van der Waals surface area contributed by atoms with E-state index in [-0.39, 0.29) is 14.9 Å². The van der Waals surface area contributed by atoms with Crippen molar-refractivity contribution in [2.45, 2.75) is 24.0 Å². The van der Waals surface area contributed by atoms with E-state index in [0.717, 1.165) is 29.1 Å². The predicted molar refractivity (Wildman–Crippen MR) is 89.3 cm³/mol. The molecule has 0 aliphatic rings. The molecule has 0 amide bonds. The number of halogens is 4. The highest BCUT2D eigenvalue weighted by Gasteiger charge is 2.48. The van der Waals surface area contributed by atoms with Gasteiger partial charge in [0.05, 0.1) is 6.20 Å². The van der Waals surface area contributed by atoms with Crippen molar-refractivity contribution in [3.05, 3.63) is 57.5 Å². The third-order valence-electron chi connectivity index (χ3n) is 3.64. The topological polar surface area (TPSA) is 72.3 Å². The molecule has 2 rings (SSSR count). The predicted octanol–water partition coefficient (Wildman–Crippen LogP) is 2.75. The Balaban J connectivity index is 2.61. The van der Waals surface area contributed by atoms with E-state index in [2.05, 4.69) is 5.10 Å². The van der Waals surface area contributed by atoms with Crippen LogP contribution in [0.4, 0.5) is 13.2 Å². The molecule has 0 bridgehead atoms. The second-order valence-corrected chi connectivity index (χ2v) is 7.68. The third kappa shape index (κ3) is 4.08. The molecule has 2 aromatic rings. The first-order valence-corrected chi connectivity index (χ1v) is 9.17. The van der Waals surface area contributed by atoms with Crippen molar-refractivity contribution in [2.24, 2.45) is 7.05 Å². The molecule has 0 saturated heterocycles. The Hall–Kier alpha value is -1.91. The van der Waals surface area contributed by atoms with E-state index in [0.29, 0.717) is 0 Å². The minimum atomic E-state index is -4.88. The zero-order valence-corrected chi connectivity index (χ0v) is 15.3. The Labute approximate surface area is 152 Å². The van der Waals surface area contributed by atoms with E-state index in [4.69, 9.17) is 11.6 Å². The van der Waals surface area contributed by atoms with E-state index in [9.17, 15) is 26.4 Å². The van der Waals surface area contributed by atoms with E-state index < -0.39 is 39.2 Å². The molecule has 1 atom stereocenters. The Morgan fingerprint density at radius 1 is 1.27 bits per heavy atom. The maximum Gasteiger partial charge on any atom is 0.409 e. The lowest BCUT2D eigenvalue weighted by molar-refractivity contribution is -0.173. The summed E-state index contributed by atoms with van der Waals surface area (Å²) in [6.07, 6.45) is -4.04. The van der Waals surface area contributed by atoms with Gasteiger partial charge in [-0.3, -0.25) is 4.79 Å². The summed E-state index contributed by atoms with van der Waals surface area (Å²) in [6, 6.07) is 3.02. The van der Waals surface area contributed by atoms with Crippen LogP contribution in [0.2, 0.25) is 5.02 Å². The van der Waals surface area contributed by atoms with Crippen LogP contribution in [-0.2, 0) is 17.1 Å². The fraction of sp³-hybridized carbons (Fsp3) is 0.333. The average Bonchev–Trinajstić information content (AvgIpc) is 2.54. The number of sulfonamides is 1. The first-order valence-electron chi connectivity index (χ1n) is 7.36. The molecule has 1 heterocycles. The fourth-order valence-corrected chi connectivity index (χ4v) is 4.07. The summed E-state index contributed by atoms with van der Waals surface area (Å²) in [5.74, 6) is 0. The first kappa shape index (κ1) is 20.4. The lowest BCUT2D eigenvalue weighted by Crippen LogP contribution is -2.42. The minimum Gasteiger partial charge on any atom is -0.268 e. The van der Waals surface area contributed by atoms with Crippen molar-refractivity contribution >= 4 is 21.6 Å². The standard InChI is InChI=1S/C15H15ClF3N3O3S/c1-3-22(26(24,25)12-8-13(23)21(2)20-9-12)14(15(17,18)19)10-4-6-11(16)7-5-10/h4-9,14H,3H2,1-2H3/t14-/m1/s1. The molecule has 0 aliphatic carbocycles. The number of rotatable bonds is 5. The van der Waals surface area contributed by atoms with Gasteiger partial charge in [-0.05, 0) is 17.7 Å². The van der Waals surface area contributed by atoms with Crippen molar-refractivity contribution in [3.8, 4) is 0 Å². The SMILES string of the molecule is CCN([C@H](c1ccc(Cl)cc1)C(F)(F)F)S(=O)(=O)c1cnn(C)c(=O)c1. The van der Waals surface area contributed by atoms with Crippen molar-refractivity contribution < 1.29 is 21.6 Å². The van der Waals surface area contributed by atoms with Gasteiger partial charge in [0, 0.05) is 24.7 Å². The maximum atomic E-state index is 13.7. The van der Waals surface area contributed by atoms with E-state index in [1.54, 1.807) is 0 Å². The molecule has 0 aliphatic heterocycles. The van der Waals surface area contributed by atoms with Crippen LogP contribution in [0.3, 0.4) is 0 Å². The quantitative estimate of drug-likeness (QED) is 0.761. The van der Waals surface area contributed by atoms with Crippen LogP contribution < -0.4 is 5.56 Å². The number of nitrogens with zero attached hydrogens (tertiary/aromatic N) is 3. The number of aromatic nitrogens is 2. The van der Waals surface area contributed by atoms with Gasteiger partial charge in [-0.15, -0.1) is 0 Å². The van der Waals surface area contributed by atoms with Crippen molar-refractivity contribution in [3.63, 3.8) is 0 Å². The van der Waals surface area contributed by atoms with Crippen molar-refractivity contribution in [1.82, 2.24) is 14.1 Å². The van der Waals surface area contributed by atoms with Crippen molar-refractivity contribution in [2.75, 3.05) is 6.54 Å². The third-order valence-corrected chi connectivity index (χ3v) is 5.80. The molecule has 0 saturated carbocycles. The highest BCUT2D eigenvalue weighted by Crippen LogP contribution is 2.40. The largest absolute Gasteiger partial charge is 0.409 e. The molecule has 0 fully saturated rings. The van der Waals surface area contributed by atoms with Crippen LogP contribution in [-0.4, -0.2) is 35.2 Å². The van der Waals surface area contributed by atoms with Gasteiger partial charge >= 0.3 is 6.18 Å². The van der Waals surface area contributed by atoms with Gasteiger partial charge in [0.25, 0.3) is 5.56 Å². The molecule has 26 heavy (non-hydrogen) atoms. The number of hydrogen-bond donors (Lipinski definition) is 0. The molecule has 0 unspecified atom stereocenters. The molecule has 1 aromatic heterocycles. The van der Waals surface area contributed by atoms with Crippen LogP contribution in [0.5, 0.6) is 0 Å². The van der Waals surface area contributed by atoms with E-state index in [1.165, 1.54) is 26.1 Å². The highest BCUT2D eigenvalue weighted by atomic mass is 35.5. The summed E-state index contributed by atoms with van der Waals surface area (Å²) in [4.78, 5) is 11.0. The number of aryl methyl sites for hydroxylation is 1. The normalized spacial score (nSPS) is 13.8. The van der Waals surface area contributed by atoms with Crippen LogP contribution in [0.25, 0.3) is 0 Å². The highest BCUT2D eigenvalue weighted by molar-refractivity contribution is 7.89. The molecule has 142 valence electrons. The Morgan fingerprint density at radius 3 is 2.31 bits per heavy atom. The first-order chi connectivity index (χ1) is 12.0. The van der Waals surface area contributed by atoms with Crippen LogP contribution in [0.1, 0.15) is 18.5 Å². The Morgan fingerprint density at radius 2 is 1.85 bits per heavy atom. The summed E-state index contributed by atoms with van der Waals surface area (Å²) >= 11 is 5.70. The molecule has 1 aromatic carbocycles. The molecular formula is C15H15ClF3N3O3S. The Bertz CT molecular complexity index is 943. The summed E-state index contributed by atoms with van der Waals surface area (Å²) in [5.41, 5.74) is -1.04. The average molecular weight is 410 g/mol. The van der Waals surface area contributed by atoms with Crippen LogP contribution >= 0.6 is 11.6 Å². The zero-order valence-electron chi connectivity index (χ0n) is 13.7. The lowest BCUT2D eigenvalue weighted by atomic mass is 10.1. The summed E-state index contributed by atoms with van der Waals surface area (Å²) in [7, 11) is -3.33. The molecule has 0 N–H and O–H groups in total. The fourth-order valence-electron chi connectivity index (χ4n) is 2.38. The smallest absolute Gasteiger partial charge is 0.268 e. The summed E-state index contributed by atoms with van der Waals surface area (Å²) in [6.45, 7) is 0.811. The van der Waals surface area contributed by atoms with Crippen LogP contribution in [0.15, 0.2) is 46.2 Å².